The number of halogens is 1. The molecule has 1 aliphatic rings. The van der Waals surface area contributed by atoms with Crippen LogP contribution in [-0.2, 0) is 4.79 Å². The predicted octanol–water partition coefficient (Wildman–Crippen LogP) is 3.41. The fourth-order valence-electron chi connectivity index (χ4n) is 3.08. The number of furan rings is 1. The van der Waals surface area contributed by atoms with Gasteiger partial charge in [-0.25, -0.2) is 0 Å². The number of carbonyl (C=O) groups excluding carboxylic acids is 2. The molecule has 0 spiro atoms. The van der Waals surface area contributed by atoms with E-state index in [2.05, 4.69) is 10.6 Å². The van der Waals surface area contributed by atoms with E-state index in [0.29, 0.717) is 17.9 Å². The van der Waals surface area contributed by atoms with Crippen molar-refractivity contribution in [2.24, 2.45) is 11.1 Å². The first-order chi connectivity index (χ1) is 11.6. The number of hydrogen-bond acceptors (Lipinski definition) is 4. The summed E-state index contributed by atoms with van der Waals surface area (Å²) in [6.45, 7) is 0.371. The van der Waals surface area contributed by atoms with E-state index in [-0.39, 0.29) is 30.0 Å². The summed E-state index contributed by atoms with van der Waals surface area (Å²) >= 11 is 0. The van der Waals surface area contributed by atoms with Crippen molar-refractivity contribution in [2.75, 3.05) is 17.2 Å². The molecule has 1 aromatic heterocycles. The summed E-state index contributed by atoms with van der Waals surface area (Å²) in [5.41, 5.74) is 6.71. The third-order valence-corrected chi connectivity index (χ3v) is 4.58. The zero-order valence-corrected chi connectivity index (χ0v) is 14.6. The monoisotopic (exact) mass is 363 g/mol. The van der Waals surface area contributed by atoms with Gasteiger partial charge in [-0.3, -0.25) is 9.59 Å². The normalized spacial score (nSPS) is 15.2. The molecule has 1 aliphatic carbocycles. The van der Waals surface area contributed by atoms with E-state index in [1.807, 2.05) is 0 Å². The van der Waals surface area contributed by atoms with Crippen molar-refractivity contribution in [3.8, 4) is 0 Å². The maximum Gasteiger partial charge on any atom is 0.291 e. The number of rotatable bonds is 5. The van der Waals surface area contributed by atoms with Gasteiger partial charge in [-0.05, 0) is 49.2 Å². The van der Waals surface area contributed by atoms with E-state index >= 15 is 0 Å². The highest BCUT2D eigenvalue weighted by molar-refractivity contribution is 6.02. The van der Waals surface area contributed by atoms with E-state index in [4.69, 9.17) is 10.2 Å². The predicted molar refractivity (Wildman–Crippen MR) is 98.9 cm³/mol. The standard InChI is InChI=1S/C18H21N3O3.ClH/c19-12-18(9-1-2-10-18)17(23)21-14-7-5-13(6-8-14)20-16(22)15-4-3-11-24-15;/h3-8,11H,1-2,9-10,12,19H2,(H,20,22)(H,21,23);1H. The highest BCUT2D eigenvalue weighted by Gasteiger charge is 2.39. The van der Waals surface area contributed by atoms with Crippen molar-refractivity contribution < 1.29 is 14.0 Å². The number of carbonyl (C=O) groups is 2. The van der Waals surface area contributed by atoms with Crippen molar-refractivity contribution in [1.82, 2.24) is 0 Å². The lowest BCUT2D eigenvalue weighted by Crippen LogP contribution is -2.40. The number of hydrogen-bond donors (Lipinski definition) is 3. The number of nitrogens with two attached hydrogens (primary N) is 1. The first-order valence-corrected chi connectivity index (χ1v) is 8.09. The Bertz CT molecular complexity index is 708. The lowest BCUT2D eigenvalue weighted by atomic mass is 9.85. The molecule has 2 amide bonds. The second-order valence-electron chi connectivity index (χ2n) is 6.15. The minimum absolute atomic E-state index is 0. The van der Waals surface area contributed by atoms with E-state index in [0.717, 1.165) is 25.7 Å². The van der Waals surface area contributed by atoms with Crippen LogP contribution in [-0.4, -0.2) is 18.4 Å². The molecule has 0 atom stereocenters. The molecule has 1 heterocycles. The molecule has 3 rings (SSSR count). The Morgan fingerprint density at radius 1 is 1.04 bits per heavy atom. The van der Waals surface area contributed by atoms with Crippen LogP contribution < -0.4 is 16.4 Å². The van der Waals surface area contributed by atoms with E-state index in [1.54, 1.807) is 36.4 Å². The van der Waals surface area contributed by atoms with Gasteiger partial charge < -0.3 is 20.8 Å². The van der Waals surface area contributed by atoms with Crippen LogP contribution in [0.25, 0.3) is 0 Å². The van der Waals surface area contributed by atoms with Gasteiger partial charge in [0.05, 0.1) is 11.7 Å². The first kappa shape index (κ1) is 19.0. The topological polar surface area (TPSA) is 97.4 Å². The molecule has 6 nitrogen and oxygen atoms in total. The van der Waals surface area contributed by atoms with Crippen molar-refractivity contribution in [3.05, 3.63) is 48.4 Å². The van der Waals surface area contributed by atoms with E-state index in [9.17, 15) is 9.59 Å². The molecule has 134 valence electrons. The summed E-state index contributed by atoms with van der Waals surface area (Å²) < 4.78 is 5.04. The fourth-order valence-corrected chi connectivity index (χ4v) is 3.08. The van der Waals surface area contributed by atoms with Crippen LogP contribution in [0.15, 0.2) is 47.1 Å². The zero-order valence-electron chi connectivity index (χ0n) is 13.8. The molecule has 7 heteroatoms. The molecule has 1 saturated carbocycles. The Kier molecular flexibility index (Phi) is 6.22. The maximum absolute atomic E-state index is 12.5. The minimum atomic E-state index is -0.438. The van der Waals surface area contributed by atoms with Gasteiger partial charge in [0.15, 0.2) is 5.76 Å². The van der Waals surface area contributed by atoms with E-state index < -0.39 is 5.41 Å². The number of anilines is 2. The number of nitrogens with one attached hydrogen (secondary N) is 2. The first-order valence-electron chi connectivity index (χ1n) is 8.09. The summed E-state index contributed by atoms with van der Waals surface area (Å²) in [4.78, 5) is 24.4. The number of amides is 2. The highest BCUT2D eigenvalue weighted by Crippen LogP contribution is 2.38. The van der Waals surface area contributed by atoms with Crippen LogP contribution in [0.5, 0.6) is 0 Å². The van der Waals surface area contributed by atoms with E-state index in [1.165, 1.54) is 6.26 Å². The second-order valence-corrected chi connectivity index (χ2v) is 6.15. The van der Waals surface area contributed by atoms with Gasteiger partial charge in [0.1, 0.15) is 0 Å². The average molecular weight is 364 g/mol. The molecule has 4 N–H and O–H groups in total. The molecular weight excluding hydrogens is 342 g/mol. The van der Waals surface area contributed by atoms with Gasteiger partial charge in [0.2, 0.25) is 5.91 Å². The summed E-state index contributed by atoms with van der Waals surface area (Å²) in [5, 5.41) is 5.67. The smallest absolute Gasteiger partial charge is 0.291 e. The molecule has 25 heavy (non-hydrogen) atoms. The van der Waals surface area contributed by atoms with Gasteiger partial charge in [0.25, 0.3) is 5.91 Å². The lowest BCUT2D eigenvalue weighted by molar-refractivity contribution is -0.124. The van der Waals surface area contributed by atoms with Crippen molar-refractivity contribution in [3.63, 3.8) is 0 Å². The zero-order chi connectivity index (χ0) is 17.0. The molecule has 0 saturated heterocycles. The van der Waals surface area contributed by atoms with Crippen LogP contribution in [0.4, 0.5) is 11.4 Å². The molecule has 1 fully saturated rings. The SMILES string of the molecule is Cl.NCC1(C(=O)Nc2ccc(NC(=O)c3ccco3)cc2)CCCC1. The van der Waals surface area contributed by atoms with Crippen LogP contribution >= 0.6 is 12.4 Å². The highest BCUT2D eigenvalue weighted by atomic mass is 35.5. The van der Waals surface area contributed by atoms with Crippen LogP contribution in [0.2, 0.25) is 0 Å². The molecule has 0 bridgehead atoms. The summed E-state index contributed by atoms with van der Waals surface area (Å²) in [6.07, 6.45) is 5.22. The van der Waals surface area contributed by atoms with Crippen LogP contribution in [0.1, 0.15) is 36.2 Å². The van der Waals surface area contributed by atoms with Crippen LogP contribution in [0, 0.1) is 5.41 Å². The molecule has 1 aromatic carbocycles. The van der Waals surface area contributed by atoms with Crippen molar-refractivity contribution in [1.29, 1.82) is 0 Å². The number of benzene rings is 1. The largest absolute Gasteiger partial charge is 0.459 e. The van der Waals surface area contributed by atoms with Gasteiger partial charge in [0, 0.05) is 17.9 Å². The molecule has 0 radical (unpaired) electrons. The van der Waals surface area contributed by atoms with Gasteiger partial charge in [-0.1, -0.05) is 12.8 Å². The Labute approximate surface area is 152 Å². The molecular formula is C18H22ClN3O3. The van der Waals surface area contributed by atoms with Gasteiger partial charge in [-0.15, -0.1) is 12.4 Å². The summed E-state index contributed by atoms with van der Waals surface area (Å²) in [6, 6.07) is 10.2. The third-order valence-electron chi connectivity index (χ3n) is 4.58. The Hall–Kier alpha value is -2.31. The Morgan fingerprint density at radius 2 is 1.64 bits per heavy atom. The fraction of sp³-hybridized carbons (Fsp3) is 0.333. The van der Waals surface area contributed by atoms with Gasteiger partial charge >= 0.3 is 0 Å². The minimum Gasteiger partial charge on any atom is -0.459 e. The maximum atomic E-state index is 12.5. The Morgan fingerprint density at radius 3 is 2.16 bits per heavy atom. The summed E-state index contributed by atoms with van der Waals surface area (Å²) in [7, 11) is 0. The van der Waals surface area contributed by atoms with Gasteiger partial charge in [-0.2, -0.15) is 0 Å². The second kappa shape index (κ2) is 8.18. The lowest BCUT2D eigenvalue weighted by Gasteiger charge is -2.25. The molecule has 0 aliphatic heterocycles. The quantitative estimate of drug-likeness (QED) is 0.758. The molecule has 2 aromatic rings. The van der Waals surface area contributed by atoms with Crippen molar-refractivity contribution >= 4 is 35.6 Å². The van der Waals surface area contributed by atoms with Crippen LogP contribution in [0.3, 0.4) is 0 Å². The average Bonchev–Trinajstić information content (AvgIpc) is 3.29. The van der Waals surface area contributed by atoms with Crippen molar-refractivity contribution in [2.45, 2.75) is 25.7 Å². The summed E-state index contributed by atoms with van der Waals surface area (Å²) in [5.74, 6) is -0.0850. The molecule has 0 unspecified atom stereocenters. The third kappa shape index (κ3) is 4.21. The Balaban J connectivity index is 0.00000225.